The van der Waals surface area contributed by atoms with Gasteiger partial charge >= 0.3 is 0 Å². The van der Waals surface area contributed by atoms with E-state index in [0.29, 0.717) is 25.3 Å². The maximum Gasteiger partial charge on any atom is 0.228 e. The van der Waals surface area contributed by atoms with Crippen LogP contribution in [0.2, 0.25) is 0 Å². The average Bonchev–Trinajstić information content (AvgIpc) is 3.16. The van der Waals surface area contributed by atoms with Crippen molar-refractivity contribution < 1.29 is 14.4 Å². The molecule has 0 saturated carbocycles. The molecule has 0 aliphatic carbocycles. The number of nitrogens with zero attached hydrogens (tertiary/aromatic N) is 3. The molecule has 156 valence electrons. The first-order valence-electron chi connectivity index (χ1n) is 10.3. The number of carbonyl (C=O) groups excluding carboxylic acids is 3. The first-order valence-corrected chi connectivity index (χ1v) is 10.3. The van der Waals surface area contributed by atoms with Crippen LogP contribution in [0.1, 0.15) is 13.3 Å². The van der Waals surface area contributed by atoms with Gasteiger partial charge in [0.15, 0.2) is 0 Å². The maximum atomic E-state index is 13.0. The smallest absolute Gasteiger partial charge is 0.228 e. The summed E-state index contributed by atoms with van der Waals surface area (Å²) in [5.74, 6) is -0.425. The van der Waals surface area contributed by atoms with E-state index in [1.165, 1.54) is 12.6 Å². The molecule has 1 unspecified atom stereocenters. The van der Waals surface area contributed by atoms with Crippen molar-refractivity contribution in [1.29, 1.82) is 0 Å². The Morgan fingerprint density at radius 2 is 1.57 bits per heavy atom. The normalized spacial score (nSPS) is 19.2. The number of carbonyl (C=O) groups is 3. The summed E-state index contributed by atoms with van der Waals surface area (Å²) in [5.41, 5.74) is 2.61. The fraction of sp³-hybridized carbons (Fsp3) is 0.348. The molecule has 7 nitrogen and oxygen atoms in total. The number of anilines is 3. The quantitative estimate of drug-likeness (QED) is 0.846. The fourth-order valence-electron chi connectivity index (χ4n) is 4.13. The standard InChI is InChI=1S/C23H26N4O3/c1-17(28)24-19-7-9-21(10-8-19)27-16-18(15-22(27)29)23(30)26-13-11-25(12-14-26)20-5-3-2-4-6-20/h2-10,18H,11-16H2,1H3,(H,24,28). The number of rotatable bonds is 4. The SMILES string of the molecule is CC(=O)Nc1ccc(N2CC(C(=O)N3CCN(c4ccccc4)CC3)CC2=O)cc1. The van der Waals surface area contributed by atoms with Gasteiger partial charge in [0.05, 0.1) is 5.92 Å². The molecule has 2 aliphatic heterocycles. The Kier molecular flexibility index (Phi) is 5.70. The zero-order valence-corrected chi connectivity index (χ0v) is 17.1. The topological polar surface area (TPSA) is 73.0 Å². The molecule has 2 fully saturated rings. The van der Waals surface area contributed by atoms with Gasteiger partial charge in [-0.3, -0.25) is 14.4 Å². The van der Waals surface area contributed by atoms with Gasteiger partial charge in [0.2, 0.25) is 17.7 Å². The number of hydrogen-bond donors (Lipinski definition) is 1. The van der Waals surface area contributed by atoms with Crippen molar-refractivity contribution in [1.82, 2.24) is 4.90 Å². The Bertz CT molecular complexity index is 921. The van der Waals surface area contributed by atoms with E-state index in [1.807, 2.05) is 23.1 Å². The van der Waals surface area contributed by atoms with E-state index < -0.39 is 0 Å². The van der Waals surface area contributed by atoms with Gasteiger partial charge in [-0.2, -0.15) is 0 Å². The number of nitrogens with one attached hydrogen (secondary N) is 1. The van der Waals surface area contributed by atoms with Crippen LogP contribution in [0, 0.1) is 5.92 Å². The van der Waals surface area contributed by atoms with Crippen molar-refractivity contribution in [2.45, 2.75) is 13.3 Å². The summed E-state index contributed by atoms with van der Waals surface area (Å²) >= 11 is 0. The van der Waals surface area contributed by atoms with Crippen LogP contribution < -0.4 is 15.1 Å². The molecule has 0 aromatic heterocycles. The first kappa shape index (κ1) is 19.9. The van der Waals surface area contributed by atoms with E-state index in [2.05, 4.69) is 22.3 Å². The molecule has 2 aromatic carbocycles. The zero-order chi connectivity index (χ0) is 21.1. The minimum Gasteiger partial charge on any atom is -0.368 e. The van der Waals surface area contributed by atoms with Crippen molar-refractivity contribution in [3.63, 3.8) is 0 Å². The largest absolute Gasteiger partial charge is 0.368 e. The lowest BCUT2D eigenvalue weighted by Crippen LogP contribution is -2.50. The monoisotopic (exact) mass is 406 g/mol. The molecule has 4 rings (SSSR count). The van der Waals surface area contributed by atoms with Crippen molar-refractivity contribution in [3.05, 3.63) is 54.6 Å². The lowest BCUT2D eigenvalue weighted by molar-refractivity contribution is -0.136. The van der Waals surface area contributed by atoms with Crippen LogP contribution in [-0.4, -0.2) is 55.3 Å². The summed E-state index contributed by atoms with van der Waals surface area (Å²) in [6, 6.07) is 17.3. The zero-order valence-electron chi connectivity index (χ0n) is 17.1. The summed E-state index contributed by atoms with van der Waals surface area (Å²) < 4.78 is 0. The molecule has 7 heteroatoms. The lowest BCUT2D eigenvalue weighted by Gasteiger charge is -2.37. The Hall–Kier alpha value is -3.35. The average molecular weight is 406 g/mol. The molecule has 0 spiro atoms. The number of benzene rings is 2. The summed E-state index contributed by atoms with van der Waals surface area (Å²) in [5, 5.41) is 2.71. The van der Waals surface area contributed by atoms with Crippen molar-refractivity contribution in [2.24, 2.45) is 5.92 Å². The van der Waals surface area contributed by atoms with Crippen LogP contribution in [0.4, 0.5) is 17.1 Å². The van der Waals surface area contributed by atoms with Crippen LogP contribution in [-0.2, 0) is 14.4 Å². The molecule has 2 saturated heterocycles. The van der Waals surface area contributed by atoms with Gasteiger partial charge in [-0.05, 0) is 36.4 Å². The van der Waals surface area contributed by atoms with Crippen LogP contribution >= 0.6 is 0 Å². The summed E-state index contributed by atoms with van der Waals surface area (Å²) in [6.45, 7) is 4.78. The van der Waals surface area contributed by atoms with Crippen LogP contribution in [0.25, 0.3) is 0 Å². The molecule has 30 heavy (non-hydrogen) atoms. The van der Waals surface area contributed by atoms with Crippen LogP contribution in [0.15, 0.2) is 54.6 Å². The summed E-state index contributed by atoms with van der Waals surface area (Å²) in [6.07, 6.45) is 0.241. The predicted octanol–water partition coefficient (Wildman–Crippen LogP) is 2.35. The first-order chi connectivity index (χ1) is 14.5. The van der Waals surface area contributed by atoms with Crippen molar-refractivity contribution >= 4 is 34.8 Å². The number of piperazine rings is 1. The minimum atomic E-state index is -0.309. The molecule has 3 amide bonds. The van der Waals surface area contributed by atoms with E-state index >= 15 is 0 Å². The summed E-state index contributed by atoms with van der Waals surface area (Å²) in [7, 11) is 0. The second kappa shape index (κ2) is 8.57. The van der Waals surface area contributed by atoms with Crippen molar-refractivity contribution in [2.75, 3.05) is 47.8 Å². The molecule has 0 bridgehead atoms. The van der Waals surface area contributed by atoms with E-state index in [9.17, 15) is 14.4 Å². The van der Waals surface area contributed by atoms with Gasteiger partial charge in [0.1, 0.15) is 0 Å². The summed E-state index contributed by atoms with van der Waals surface area (Å²) in [4.78, 5) is 42.6. The highest BCUT2D eigenvalue weighted by atomic mass is 16.2. The minimum absolute atomic E-state index is 0.0384. The Balaban J connectivity index is 1.35. The number of amides is 3. The van der Waals surface area contributed by atoms with Gasteiger partial charge in [-0.1, -0.05) is 18.2 Å². The molecule has 2 heterocycles. The Labute approximate surface area is 176 Å². The molecule has 0 radical (unpaired) electrons. The number of hydrogen-bond acceptors (Lipinski definition) is 4. The van der Waals surface area contributed by atoms with E-state index in [0.717, 1.165) is 18.8 Å². The predicted molar refractivity (Wildman–Crippen MR) is 116 cm³/mol. The van der Waals surface area contributed by atoms with E-state index in [4.69, 9.17) is 0 Å². The van der Waals surface area contributed by atoms with Crippen molar-refractivity contribution in [3.8, 4) is 0 Å². The molecular weight excluding hydrogens is 380 g/mol. The fourth-order valence-corrected chi connectivity index (χ4v) is 4.13. The van der Waals surface area contributed by atoms with Gasteiger partial charge in [0.25, 0.3) is 0 Å². The third-order valence-corrected chi connectivity index (χ3v) is 5.69. The third-order valence-electron chi connectivity index (χ3n) is 5.69. The lowest BCUT2D eigenvalue weighted by atomic mass is 10.1. The second-order valence-corrected chi connectivity index (χ2v) is 7.78. The number of para-hydroxylation sites is 1. The van der Waals surface area contributed by atoms with Crippen LogP contribution in [0.3, 0.4) is 0 Å². The highest BCUT2D eigenvalue weighted by Gasteiger charge is 2.37. The van der Waals surface area contributed by atoms with Crippen LogP contribution in [0.5, 0.6) is 0 Å². The second-order valence-electron chi connectivity index (χ2n) is 7.78. The highest BCUT2D eigenvalue weighted by Crippen LogP contribution is 2.28. The van der Waals surface area contributed by atoms with Gasteiger partial charge in [-0.15, -0.1) is 0 Å². The van der Waals surface area contributed by atoms with Gasteiger partial charge in [-0.25, -0.2) is 0 Å². The highest BCUT2D eigenvalue weighted by molar-refractivity contribution is 6.00. The third kappa shape index (κ3) is 4.30. The Morgan fingerprint density at radius 3 is 2.20 bits per heavy atom. The maximum absolute atomic E-state index is 13.0. The van der Waals surface area contributed by atoms with Gasteiger partial charge in [0, 0.05) is 63.1 Å². The molecule has 2 aromatic rings. The van der Waals surface area contributed by atoms with Gasteiger partial charge < -0.3 is 20.0 Å². The van der Waals surface area contributed by atoms with E-state index in [-0.39, 0.29) is 30.1 Å². The Morgan fingerprint density at radius 1 is 0.900 bits per heavy atom. The molecule has 2 aliphatic rings. The molecular formula is C23H26N4O3. The van der Waals surface area contributed by atoms with E-state index in [1.54, 1.807) is 29.2 Å². The molecule has 1 N–H and O–H groups in total. The molecule has 1 atom stereocenters.